The molecule has 0 bridgehead atoms. The number of nitrogens with one attached hydrogen (secondary N) is 1. The highest BCUT2D eigenvalue weighted by Gasteiger charge is 2.35. The smallest absolute Gasteiger partial charge is 0.353 e. The van der Waals surface area contributed by atoms with E-state index < -0.39 is 0 Å². The van der Waals surface area contributed by atoms with Crippen molar-refractivity contribution in [2.45, 2.75) is 83.8 Å². The number of rotatable bonds is 7. The van der Waals surface area contributed by atoms with Gasteiger partial charge < -0.3 is 14.7 Å². The van der Waals surface area contributed by atoms with Crippen LogP contribution in [-0.2, 0) is 11.2 Å². The molecule has 0 radical (unpaired) electrons. The number of nitrogens with zero attached hydrogens (tertiary/aromatic N) is 4. The van der Waals surface area contributed by atoms with Crippen LogP contribution in [0.4, 0.5) is 23.1 Å². The fourth-order valence-electron chi connectivity index (χ4n) is 5.56. The lowest BCUT2D eigenvalue weighted by Crippen LogP contribution is -2.27. The van der Waals surface area contributed by atoms with Crippen molar-refractivity contribution < 1.29 is 19.2 Å². The van der Waals surface area contributed by atoms with Gasteiger partial charge in [-0.05, 0) is 82.4 Å². The molecule has 1 fully saturated rings. The first-order chi connectivity index (χ1) is 17.4. The van der Waals surface area contributed by atoms with Crippen LogP contribution in [0, 0.1) is 5.92 Å². The summed E-state index contributed by atoms with van der Waals surface area (Å²) in [6.45, 7) is 4.93. The van der Waals surface area contributed by atoms with Crippen LogP contribution in [0.1, 0.15) is 70.8 Å². The number of benzene rings is 1. The third kappa shape index (κ3) is 5.38. The normalized spacial score (nSPS) is 21.9. The summed E-state index contributed by atoms with van der Waals surface area (Å²) < 4.78 is 8.36. The molecule has 1 aliphatic carbocycles. The Morgan fingerprint density at radius 2 is 2.06 bits per heavy atom. The van der Waals surface area contributed by atoms with E-state index in [9.17, 15) is 9.90 Å². The van der Waals surface area contributed by atoms with Gasteiger partial charge in [0.25, 0.3) is 0 Å². The monoisotopic (exact) mass is 492 g/mol. The standard InChI is InChI=1S/C28H38N5O3/c1-18(2)36-25-15-20(7-6-19-8-11-22(34)12-9-19)10-13-23(25)30-28-29-17-24-27(31-28)33-14-4-5-21(33)16-26(35)32(24)3/h10,13,15,17-19,22,34H,4-9,11-12,14,16H2,1-3H3,(H,29,30,31)/q+1. The Balaban J connectivity index is 1.37. The van der Waals surface area contributed by atoms with Crippen LogP contribution in [0.3, 0.4) is 0 Å². The Bertz CT molecular complexity index is 1150. The molecule has 1 aromatic heterocycles. The molecule has 3 aliphatic rings. The third-order valence-corrected chi connectivity index (χ3v) is 7.64. The minimum absolute atomic E-state index is 0.0371. The molecule has 0 atom stereocenters. The molecule has 36 heavy (non-hydrogen) atoms. The summed E-state index contributed by atoms with van der Waals surface area (Å²) in [4.78, 5) is 23.7. The number of aromatic nitrogens is 2. The van der Waals surface area contributed by atoms with E-state index in [1.54, 1.807) is 18.1 Å². The number of carbonyl (C=O) groups is 1. The molecular formula is C28H38N5O3+. The molecule has 1 aromatic carbocycles. The number of anilines is 3. The number of aliphatic hydroxyl groups excluding tert-OH is 1. The van der Waals surface area contributed by atoms with Crippen LogP contribution in [-0.4, -0.2) is 57.1 Å². The number of fused-ring (bicyclic) bond motifs is 2. The van der Waals surface area contributed by atoms with E-state index in [4.69, 9.17) is 9.72 Å². The number of hydrogen-bond acceptors (Lipinski definition) is 6. The summed E-state index contributed by atoms with van der Waals surface area (Å²) in [6.07, 6.45) is 10.3. The molecule has 8 heteroatoms. The van der Waals surface area contributed by atoms with E-state index in [1.165, 1.54) is 5.56 Å². The van der Waals surface area contributed by atoms with Gasteiger partial charge in [0, 0.05) is 18.5 Å². The first kappa shape index (κ1) is 24.7. The summed E-state index contributed by atoms with van der Waals surface area (Å²) in [6, 6.07) is 6.33. The molecule has 0 unspecified atom stereocenters. The molecule has 2 aromatic rings. The van der Waals surface area contributed by atoms with Gasteiger partial charge in [-0.1, -0.05) is 6.07 Å². The molecule has 8 nitrogen and oxygen atoms in total. The zero-order valence-electron chi connectivity index (χ0n) is 21.7. The average Bonchev–Trinajstić information content (AvgIpc) is 3.28. The van der Waals surface area contributed by atoms with Crippen LogP contribution in [0.15, 0.2) is 24.4 Å². The first-order valence-corrected chi connectivity index (χ1v) is 13.4. The molecule has 3 heterocycles. The molecule has 2 aliphatic heterocycles. The highest BCUT2D eigenvalue weighted by atomic mass is 16.5. The van der Waals surface area contributed by atoms with E-state index in [1.807, 2.05) is 13.8 Å². The maximum absolute atomic E-state index is 12.6. The van der Waals surface area contributed by atoms with Gasteiger partial charge in [-0.3, -0.25) is 10.1 Å². The minimum atomic E-state index is -0.108. The van der Waals surface area contributed by atoms with Crippen molar-refractivity contribution >= 4 is 34.8 Å². The predicted molar refractivity (Wildman–Crippen MR) is 141 cm³/mol. The maximum Gasteiger partial charge on any atom is 0.353 e. The topological polar surface area (TPSA) is 90.6 Å². The van der Waals surface area contributed by atoms with Gasteiger partial charge in [-0.2, -0.15) is 4.98 Å². The highest BCUT2D eigenvalue weighted by molar-refractivity contribution is 6.08. The Kier molecular flexibility index (Phi) is 7.23. The Morgan fingerprint density at radius 1 is 1.25 bits per heavy atom. The quantitative estimate of drug-likeness (QED) is 0.543. The molecular weight excluding hydrogens is 454 g/mol. The van der Waals surface area contributed by atoms with Gasteiger partial charge >= 0.3 is 11.8 Å². The Morgan fingerprint density at radius 3 is 2.83 bits per heavy atom. The summed E-state index contributed by atoms with van der Waals surface area (Å²) in [5.41, 5.74) is 3.96. The molecule has 2 N–H and O–H groups in total. The van der Waals surface area contributed by atoms with Gasteiger partial charge in [0.1, 0.15) is 5.75 Å². The van der Waals surface area contributed by atoms with Gasteiger partial charge in [0.15, 0.2) is 5.69 Å². The fourth-order valence-corrected chi connectivity index (χ4v) is 5.56. The van der Waals surface area contributed by atoms with Crippen LogP contribution < -0.4 is 15.0 Å². The van der Waals surface area contributed by atoms with Gasteiger partial charge in [-0.15, -0.1) is 0 Å². The second-order valence-electron chi connectivity index (χ2n) is 10.7. The maximum atomic E-state index is 12.6. The van der Waals surface area contributed by atoms with Crippen molar-refractivity contribution in [3.8, 4) is 5.75 Å². The van der Waals surface area contributed by atoms with Crippen LogP contribution >= 0.6 is 0 Å². The van der Waals surface area contributed by atoms with E-state index in [-0.39, 0.29) is 18.1 Å². The number of hydrogen-bond donors (Lipinski definition) is 2. The zero-order chi connectivity index (χ0) is 25.2. The van der Waals surface area contributed by atoms with E-state index in [0.717, 1.165) is 86.6 Å². The summed E-state index contributed by atoms with van der Waals surface area (Å²) in [5.74, 6) is 2.83. The Hall–Kier alpha value is -3.00. The van der Waals surface area contributed by atoms with Gasteiger partial charge in [0.2, 0.25) is 5.91 Å². The number of amides is 1. The lowest BCUT2D eigenvalue weighted by molar-refractivity contribution is -0.435. The van der Waals surface area contributed by atoms with Crippen LogP contribution in [0.5, 0.6) is 5.75 Å². The number of aliphatic hydroxyl groups is 1. The van der Waals surface area contributed by atoms with Crippen molar-refractivity contribution in [3.05, 3.63) is 30.0 Å². The van der Waals surface area contributed by atoms with Gasteiger partial charge in [0.05, 0.1) is 42.8 Å². The van der Waals surface area contributed by atoms with Crippen molar-refractivity contribution in [1.82, 2.24) is 9.97 Å². The number of ether oxygens (including phenoxy) is 1. The van der Waals surface area contributed by atoms with Crippen molar-refractivity contribution in [1.29, 1.82) is 0 Å². The van der Waals surface area contributed by atoms with Crippen LogP contribution in [0.25, 0.3) is 0 Å². The molecule has 1 amide bonds. The number of aryl methyl sites for hydroxylation is 1. The fraction of sp³-hybridized carbons (Fsp3) is 0.571. The van der Waals surface area contributed by atoms with Crippen molar-refractivity contribution in [2.24, 2.45) is 5.92 Å². The highest BCUT2D eigenvalue weighted by Crippen LogP contribution is 2.35. The minimum Gasteiger partial charge on any atom is -0.489 e. The van der Waals surface area contributed by atoms with E-state index in [2.05, 4.69) is 33.1 Å². The molecule has 1 saturated carbocycles. The van der Waals surface area contributed by atoms with Crippen molar-refractivity contribution in [2.75, 3.05) is 23.8 Å². The van der Waals surface area contributed by atoms with Crippen molar-refractivity contribution in [3.63, 3.8) is 0 Å². The molecule has 0 spiro atoms. The second-order valence-corrected chi connectivity index (χ2v) is 10.7. The SMILES string of the molecule is CC(C)Oc1cc(CCC2CCC(O)CC2)ccc1Nc1ncc2c(n1)[N+]1=C(CCC1)CC(=O)N2C. The lowest BCUT2D eigenvalue weighted by atomic mass is 9.84. The largest absolute Gasteiger partial charge is 0.489 e. The number of carbonyl (C=O) groups excluding carboxylic acids is 1. The lowest BCUT2D eigenvalue weighted by Gasteiger charge is -2.25. The summed E-state index contributed by atoms with van der Waals surface area (Å²) >= 11 is 0. The predicted octanol–water partition coefficient (Wildman–Crippen LogP) is 4.74. The summed E-state index contributed by atoms with van der Waals surface area (Å²) in [7, 11) is 1.79. The average molecular weight is 493 g/mol. The molecule has 0 saturated heterocycles. The second kappa shape index (κ2) is 10.5. The Labute approximate surface area is 213 Å². The van der Waals surface area contributed by atoms with E-state index >= 15 is 0 Å². The van der Waals surface area contributed by atoms with Crippen LogP contribution in [0.2, 0.25) is 0 Å². The van der Waals surface area contributed by atoms with Gasteiger partial charge in [-0.25, -0.2) is 4.58 Å². The summed E-state index contributed by atoms with van der Waals surface area (Å²) in [5, 5.41) is 13.2. The van der Waals surface area contributed by atoms with E-state index in [0.29, 0.717) is 18.3 Å². The molecule has 5 rings (SSSR count). The third-order valence-electron chi connectivity index (χ3n) is 7.64. The first-order valence-electron chi connectivity index (χ1n) is 13.4. The zero-order valence-corrected chi connectivity index (χ0v) is 21.7. The molecule has 192 valence electrons.